The molecule has 3 atom stereocenters. The maximum Gasteiger partial charge on any atom is 0.198 e. The molecular formula is C39H84N6O8P2S2. The Hall–Kier alpha value is 0.420. The van der Waals surface area contributed by atoms with Crippen LogP contribution < -0.4 is 11.1 Å². The number of carbonyl (C=O) groups is 2. The van der Waals surface area contributed by atoms with Gasteiger partial charge in [-0.3, -0.25) is 9.59 Å². The van der Waals surface area contributed by atoms with Gasteiger partial charge in [-0.25, -0.2) is 18.7 Å². The van der Waals surface area contributed by atoms with Crippen molar-refractivity contribution in [1.82, 2.24) is 24.0 Å². The van der Waals surface area contributed by atoms with Crippen molar-refractivity contribution in [2.45, 2.75) is 173 Å². The Morgan fingerprint density at radius 2 is 0.930 bits per heavy atom. The molecule has 57 heavy (non-hydrogen) atoms. The van der Waals surface area contributed by atoms with E-state index < -0.39 is 22.3 Å². The van der Waals surface area contributed by atoms with Crippen LogP contribution in [0, 0.1) is 11.3 Å². The number of hydrogen-bond donors (Lipinski definition) is 2. The van der Waals surface area contributed by atoms with Crippen molar-refractivity contribution in [1.29, 1.82) is 0 Å². The summed E-state index contributed by atoms with van der Waals surface area (Å²) in [5.41, 5.74) is 5.11. The predicted molar refractivity (Wildman–Crippen MR) is 242 cm³/mol. The molecule has 0 saturated carbocycles. The van der Waals surface area contributed by atoms with E-state index in [1.54, 1.807) is 0 Å². The first-order chi connectivity index (χ1) is 26.5. The van der Waals surface area contributed by atoms with Crippen LogP contribution in [0.25, 0.3) is 0 Å². The normalized spacial score (nSPS) is 14.9. The van der Waals surface area contributed by atoms with Crippen molar-refractivity contribution < 1.29 is 37.6 Å². The standard InChI is InChI=1S/C39H84N6O8P2S2/c1-28(2)42(29(3)4)54(43(30(5)6)31(7)8)52-24-48-22-50-26-56-37(46)35(15)19-41-20-36(16)45(34(13)14)55(44(32(9)10)33(11)12)53-25-49-23-51-27-57-38(47)39(17,18)21-40/h28-36,41H,19-27,40H2,1-18H3. The maximum absolute atomic E-state index is 13.0. The fraction of sp³-hybridized carbons (Fsp3) is 0.949. The average molecular weight is 891 g/mol. The molecule has 0 fully saturated rings. The SMILES string of the molecule is CC(CNCC(C)N(C(C)C)P(OCOCOCSC(=O)C(C)(C)CN)N(C(C)C)C(C)C)C(=O)SCOCOCOP(N(C(C)C)C(C)C)N(C(C)C)C(C)C. The number of nitrogens with two attached hydrogens (primary N) is 1. The predicted octanol–water partition coefficient (Wildman–Crippen LogP) is 8.47. The summed E-state index contributed by atoms with van der Waals surface area (Å²) in [6.45, 7) is 40.1. The Morgan fingerprint density at radius 1 is 0.561 bits per heavy atom. The highest BCUT2D eigenvalue weighted by Crippen LogP contribution is 2.51. The van der Waals surface area contributed by atoms with E-state index in [1.165, 1.54) is 0 Å². The summed E-state index contributed by atoms with van der Waals surface area (Å²) in [6, 6.07) is 2.01. The van der Waals surface area contributed by atoms with Crippen molar-refractivity contribution in [2.75, 3.05) is 58.7 Å². The van der Waals surface area contributed by atoms with Crippen molar-refractivity contribution >= 4 is 50.7 Å². The zero-order chi connectivity index (χ0) is 44.0. The Bertz CT molecular complexity index is 1040. The molecule has 0 amide bonds. The summed E-state index contributed by atoms with van der Waals surface area (Å²) in [7, 11) is -2.26. The van der Waals surface area contributed by atoms with Crippen molar-refractivity contribution in [3.63, 3.8) is 0 Å². The number of rotatable bonds is 33. The number of nitrogens with one attached hydrogen (secondary N) is 1. The Kier molecular flexibility index (Phi) is 30.7. The number of carbonyl (C=O) groups excluding carboxylic acids is 2. The molecular weight excluding hydrogens is 807 g/mol. The van der Waals surface area contributed by atoms with Gasteiger partial charge >= 0.3 is 0 Å². The maximum atomic E-state index is 13.0. The highest BCUT2D eigenvalue weighted by molar-refractivity contribution is 8.13. The third kappa shape index (κ3) is 21.9. The van der Waals surface area contributed by atoms with Gasteiger partial charge in [-0.15, -0.1) is 0 Å². The summed E-state index contributed by atoms with van der Waals surface area (Å²) in [4.78, 5) is 25.3. The fourth-order valence-corrected chi connectivity index (χ4v) is 12.0. The van der Waals surface area contributed by atoms with Crippen LogP contribution in [0.4, 0.5) is 0 Å². The lowest BCUT2D eigenvalue weighted by molar-refractivity contribution is -0.118. The molecule has 0 aromatic heterocycles. The van der Waals surface area contributed by atoms with Crippen LogP contribution in [-0.4, -0.2) is 136 Å². The molecule has 0 radical (unpaired) electrons. The van der Waals surface area contributed by atoms with Crippen molar-refractivity contribution in [2.24, 2.45) is 17.1 Å². The largest absolute Gasteiger partial charge is 0.344 e. The molecule has 0 bridgehead atoms. The first kappa shape index (κ1) is 57.4. The van der Waals surface area contributed by atoms with Crippen molar-refractivity contribution in [3.8, 4) is 0 Å². The van der Waals surface area contributed by atoms with Gasteiger partial charge in [0.15, 0.2) is 54.3 Å². The zero-order valence-corrected chi connectivity index (χ0v) is 42.3. The van der Waals surface area contributed by atoms with Gasteiger partial charge in [0.25, 0.3) is 0 Å². The highest BCUT2D eigenvalue weighted by atomic mass is 32.2. The van der Waals surface area contributed by atoms with E-state index in [4.69, 9.17) is 33.7 Å². The van der Waals surface area contributed by atoms with E-state index >= 15 is 0 Å². The molecule has 0 aromatic rings. The molecule has 18 heteroatoms. The second kappa shape index (κ2) is 30.5. The molecule has 3 N–H and O–H groups in total. The lowest BCUT2D eigenvalue weighted by Crippen LogP contribution is -2.47. The molecule has 0 rings (SSSR count). The average Bonchev–Trinajstić information content (AvgIpc) is 3.09. The van der Waals surface area contributed by atoms with Crippen molar-refractivity contribution in [3.05, 3.63) is 0 Å². The molecule has 340 valence electrons. The lowest BCUT2D eigenvalue weighted by atomic mass is 9.96. The van der Waals surface area contributed by atoms with E-state index in [0.717, 1.165) is 23.5 Å². The quantitative estimate of drug-likeness (QED) is 0.0370. The fourth-order valence-electron chi connectivity index (χ4n) is 6.08. The summed E-state index contributed by atoms with van der Waals surface area (Å²) in [5, 5.41) is 3.58. The minimum atomic E-state index is -1.22. The number of thioether (sulfide) groups is 2. The molecule has 0 aliphatic carbocycles. The van der Waals surface area contributed by atoms with Gasteiger partial charge in [0.2, 0.25) is 0 Å². The number of nitrogens with zero attached hydrogens (tertiary/aromatic N) is 4. The van der Waals surface area contributed by atoms with E-state index in [2.05, 4.69) is 128 Å². The highest BCUT2D eigenvalue weighted by Gasteiger charge is 2.37. The van der Waals surface area contributed by atoms with Crippen LogP contribution in [0.5, 0.6) is 0 Å². The third-order valence-corrected chi connectivity index (χ3v) is 16.6. The molecule has 0 spiro atoms. The van der Waals surface area contributed by atoms with Gasteiger partial charge in [-0.05, 0) is 104 Å². The summed E-state index contributed by atoms with van der Waals surface area (Å²) in [6.07, 6.45) is 0. The molecule has 0 heterocycles. The first-order valence-corrected chi connectivity index (χ1v) is 24.9. The number of hydrogen-bond acceptors (Lipinski definition) is 16. The van der Waals surface area contributed by atoms with E-state index in [-0.39, 0.29) is 85.9 Å². The molecule has 0 saturated heterocycles. The second-order valence-corrected chi connectivity index (χ2v) is 22.1. The third-order valence-electron chi connectivity index (χ3n) is 8.70. The van der Waals surface area contributed by atoms with E-state index in [0.29, 0.717) is 37.3 Å². The van der Waals surface area contributed by atoms with Crippen LogP contribution in [0.15, 0.2) is 0 Å². The van der Waals surface area contributed by atoms with E-state index in [1.807, 2.05) is 20.8 Å². The minimum Gasteiger partial charge on any atom is -0.344 e. The zero-order valence-electron chi connectivity index (χ0n) is 38.9. The Balaban J connectivity index is 5.05. The second-order valence-electron chi connectivity index (χ2n) is 16.9. The molecule has 3 unspecified atom stereocenters. The topological polar surface area (TPSA) is 141 Å². The monoisotopic (exact) mass is 891 g/mol. The molecule has 0 aliphatic heterocycles. The van der Waals surface area contributed by atoms with Gasteiger partial charge in [0.1, 0.15) is 11.9 Å². The first-order valence-electron chi connectivity index (χ1n) is 20.6. The van der Waals surface area contributed by atoms with E-state index in [9.17, 15) is 9.59 Å². The van der Waals surface area contributed by atoms with Gasteiger partial charge in [0.05, 0.1) is 0 Å². The van der Waals surface area contributed by atoms with Gasteiger partial charge < -0.3 is 39.0 Å². The van der Waals surface area contributed by atoms with Crippen LogP contribution in [0.1, 0.15) is 125 Å². The molecule has 0 aliphatic rings. The Morgan fingerprint density at radius 3 is 1.30 bits per heavy atom. The van der Waals surface area contributed by atoms with Crippen LogP contribution in [-0.2, 0) is 37.6 Å². The summed E-state index contributed by atoms with van der Waals surface area (Å²) >= 11 is 2.26. The minimum absolute atomic E-state index is 0.0106. The lowest BCUT2D eigenvalue weighted by Gasteiger charge is -2.46. The summed E-state index contributed by atoms with van der Waals surface area (Å²) in [5.74, 6) is 0.194. The Labute approximate surface area is 359 Å². The van der Waals surface area contributed by atoms with Gasteiger partial charge in [-0.2, -0.15) is 0 Å². The van der Waals surface area contributed by atoms with Gasteiger partial charge in [-0.1, -0.05) is 44.3 Å². The van der Waals surface area contributed by atoms with Crippen LogP contribution in [0.3, 0.4) is 0 Å². The smallest absolute Gasteiger partial charge is 0.198 e. The molecule has 14 nitrogen and oxygen atoms in total. The summed E-state index contributed by atoms with van der Waals surface area (Å²) < 4.78 is 45.1. The van der Waals surface area contributed by atoms with Gasteiger partial charge in [0, 0.05) is 79.3 Å². The molecule has 0 aromatic carbocycles. The number of ether oxygens (including phenoxy) is 4. The van der Waals surface area contributed by atoms with Crippen LogP contribution >= 0.6 is 40.4 Å². The van der Waals surface area contributed by atoms with Crippen LogP contribution in [0.2, 0.25) is 0 Å².